The van der Waals surface area contributed by atoms with E-state index in [1.54, 1.807) is 6.07 Å². The second-order valence-electron chi connectivity index (χ2n) is 3.82. The Morgan fingerprint density at radius 3 is 2.86 bits per heavy atom. The first kappa shape index (κ1) is 16.0. The van der Waals surface area contributed by atoms with Gasteiger partial charge in [-0.2, -0.15) is 0 Å². The van der Waals surface area contributed by atoms with Crippen LogP contribution in [0.15, 0.2) is 29.6 Å². The number of anilines is 1. The van der Waals surface area contributed by atoms with Crippen LogP contribution >= 0.6 is 11.3 Å². The standard InChI is InChI=1S/C11H9N3O6S2/c1-20-11(15)13(22(18)19)10-12-9(6-21-10)7-3-2-4-8(5-7)14(16)17/h2-6H,1H3,(H,18,19). The third-order valence-electron chi connectivity index (χ3n) is 2.52. The Labute approximate surface area is 130 Å². The van der Waals surface area contributed by atoms with Gasteiger partial charge >= 0.3 is 6.09 Å². The highest BCUT2D eigenvalue weighted by Gasteiger charge is 2.25. The molecule has 1 N–H and O–H groups in total. The minimum absolute atomic E-state index is 0.0609. The number of thiazole rings is 1. The van der Waals surface area contributed by atoms with Crippen LogP contribution in [-0.2, 0) is 16.0 Å². The van der Waals surface area contributed by atoms with Crippen molar-refractivity contribution in [1.82, 2.24) is 4.98 Å². The lowest BCUT2D eigenvalue weighted by atomic mass is 10.1. The van der Waals surface area contributed by atoms with E-state index in [9.17, 15) is 19.1 Å². The van der Waals surface area contributed by atoms with Crippen molar-refractivity contribution in [2.45, 2.75) is 0 Å². The highest BCUT2D eigenvalue weighted by atomic mass is 32.2. The number of nitro benzene ring substituents is 1. The second kappa shape index (κ2) is 6.60. The van der Waals surface area contributed by atoms with Gasteiger partial charge in [-0.25, -0.2) is 14.0 Å². The van der Waals surface area contributed by atoms with E-state index >= 15 is 0 Å². The fourth-order valence-corrected chi connectivity index (χ4v) is 2.98. The number of rotatable bonds is 4. The van der Waals surface area contributed by atoms with Crippen molar-refractivity contribution >= 4 is 39.5 Å². The van der Waals surface area contributed by atoms with E-state index in [-0.39, 0.29) is 10.8 Å². The van der Waals surface area contributed by atoms with Crippen molar-refractivity contribution in [2.24, 2.45) is 0 Å². The quantitative estimate of drug-likeness (QED) is 0.513. The van der Waals surface area contributed by atoms with Gasteiger partial charge in [0, 0.05) is 23.1 Å². The first-order valence-electron chi connectivity index (χ1n) is 5.63. The molecule has 1 atom stereocenters. The van der Waals surface area contributed by atoms with Crippen LogP contribution in [0.5, 0.6) is 0 Å². The molecule has 1 heterocycles. The largest absolute Gasteiger partial charge is 0.452 e. The van der Waals surface area contributed by atoms with E-state index in [0.717, 1.165) is 18.4 Å². The molecule has 0 aliphatic rings. The molecule has 1 unspecified atom stereocenters. The first-order chi connectivity index (χ1) is 10.4. The third kappa shape index (κ3) is 3.27. The van der Waals surface area contributed by atoms with Gasteiger partial charge in [-0.05, 0) is 0 Å². The second-order valence-corrected chi connectivity index (χ2v) is 5.48. The van der Waals surface area contributed by atoms with Gasteiger partial charge in [0.1, 0.15) is 0 Å². The highest BCUT2D eigenvalue weighted by molar-refractivity contribution is 7.81. The van der Waals surface area contributed by atoms with Crippen LogP contribution in [0.3, 0.4) is 0 Å². The topological polar surface area (TPSA) is 123 Å². The molecule has 0 aliphatic heterocycles. The minimum atomic E-state index is -2.64. The number of nitro groups is 1. The molecule has 0 radical (unpaired) electrons. The van der Waals surface area contributed by atoms with Gasteiger partial charge in [0.2, 0.25) is 5.13 Å². The lowest BCUT2D eigenvalue weighted by molar-refractivity contribution is -0.384. The number of aromatic nitrogens is 1. The van der Waals surface area contributed by atoms with Gasteiger partial charge in [-0.1, -0.05) is 12.1 Å². The number of nitrogens with zero attached hydrogens (tertiary/aromatic N) is 3. The van der Waals surface area contributed by atoms with E-state index < -0.39 is 22.3 Å². The van der Waals surface area contributed by atoms with E-state index in [4.69, 9.17) is 4.55 Å². The number of carbonyl (C=O) groups excluding carboxylic acids is 1. The molecule has 22 heavy (non-hydrogen) atoms. The van der Waals surface area contributed by atoms with Crippen LogP contribution < -0.4 is 4.31 Å². The van der Waals surface area contributed by atoms with Crippen molar-refractivity contribution in [3.05, 3.63) is 39.8 Å². The van der Waals surface area contributed by atoms with E-state index in [2.05, 4.69) is 9.72 Å². The average molecular weight is 343 g/mol. The number of benzene rings is 1. The zero-order valence-corrected chi connectivity index (χ0v) is 12.7. The van der Waals surface area contributed by atoms with Crippen LogP contribution in [0.1, 0.15) is 0 Å². The lowest BCUT2D eigenvalue weighted by Crippen LogP contribution is -2.32. The van der Waals surface area contributed by atoms with Crippen molar-refractivity contribution in [1.29, 1.82) is 0 Å². The number of non-ortho nitro benzene ring substituents is 1. The van der Waals surface area contributed by atoms with Crippen LogP contribution in [-0.4, -0.2) is 31.9 Å². The summed E-state index contributed by atoms with van der Waals surface area (Å²) in [6.07, 6.45) is -1.04. The summed E-state index contributed by atoms with van der Waals surface area (Å²) in [5, 5.41) is 12.2. The molecule has 0 spiro atoms. The molecule has 2 aromatic rings. The molecular weight excluding hydrogens is 334 g/mol. The van der Waals surface area contributed by atoms with E-state index in [0.29, 0.717) is 15.6 Å². The summed E-state index contributed by atoms with van der Waals surface area (Å²) in [5.74, 6) is 0. The Kier molecular flexibility index (Phi) is 4.80. The Morgan fingerprint density at radius 2 is 2.27 bits per heavy atom. The Morgan fingerprint density at radius 1 is 1.55 bits per heavy atom. The molecular formula is C11H9N3O6S2. The van der Waals surface area contributed by atoms with Gasteiger partial charge in [-0.3, -0.25) is 14.7 Å². The van der Waals surface area contributed by atoms with Crippen molar-refractivity contribution in [3.8, 4) is 11.3 Å². The van der Waals surface area contributed by atoms with Gasteiger partial charge in [0.25, 0.3) is 17.0 Å². The zero-order chi connectivity index (χ0) is 16.3. The summed E-state index contributed by atoms with van der Waals surface area (Å²) in [5.41, 5.74) is 0.677. The van der Waals surface area contributed by atoms with Gasteiger partial charge in [-0.15, -0.1) is 15.6 Å². The molecule has 1 aromatic heterocycles. The molecule has 9 nitrogen and oxygen atoms in total. The summed E-state index contributed by atoms with van der Waals surface area (Å²) in [4.78, 5) is 25.7. The van der Waals surface area contributed by atoms with Crippen LogP contribution in [0, 0.1) is 10.1 Å². The van der Waals surface area contributed by atoms with Crippen LogP contribution in [0.2, 0.25) is 0 Å². The van der Waals surface area contributed by atoms with Crippen LogP contribution in [0.25, 0.3) is 11.3 Å². The van der Waals surface area contributed by atoms with E-state index in [1.165, 1.54) is 23.6 Å². The Balaban J connectivity index is 2.39. The summed E-state index contributed by atoms with van der Waals surface area (Å²) >= 11 is -1.71. The van der Waals surface area contributed by atoms with Crippen LogP contribution in [0.4, 0.5) is 15.6 Å². The van der Waals surface area contributed by atoms with Crippen molar-refractivity contribution in [2.75, 3.05) is 11.4 Å². The fourth-order valence-electron chi connectivity index (χ4n) is 1.56. The SMILES string of the molecule is COC(=O)N(c1nc(-c2cccc([N+](=O)[O-])c2)cs1)S(=O)O. The fraction of sp³-hybridized carbons (Fsp3) is 0.0909. The predicted octanol–water partition coefficient (Wildman–Crippen LogP) is 2.43. The maximum atomic E-state index is 11.5. The molecule has 2 rings (SSSR count). The number of carbonyl (C=O) groups is 1. The smallest absolute Gasteiger partial charge is 0.430 e. The van der Waals surface area contributed by atoms with Gasteiger partial charge in [0.05, 0.1) is 17.7 Å². The molecule has 0 aliphatic carbocycles. The predicted molar refractivity (Wildman–Crippen MR) is 79.9 cm³/mol. The molecule has 11 heteroatoms. The first-order valence-corrected chi connectivity index (χ1v) is 7.57. The van der Waals surface area contributed by atoms with Crippen molar-refractivity contribution in [3.63, 3.8) is 0 Å². The highest BCUT2D eigenvalue weighted by Crippen LogP contribution is 2.30. The minimum Gasteiger partial charge on any atom is -0.452 e. The normalized spacial score (nSPS) is 11.7. The Bertz CT molecular complexity index is 747. The lowest BCUT2D eigenvalue weighted by Gasteiger charge is -2.12. The molecule has 1 amide bonds. The molecule has 0 saturated carbocycles. The number of hydrogen-bond acceptors (Lipinski definition) is 7. The third-order valence-corrected chi connectivity index (χ3v) is 4.09. The molecule has 1 aromatic carbocycles. The number of amides is 1. The van der Waals surface area contributed by atoms with E-state index in [1.807, 2.05) is 0 Å². The average Bonchev–Trinajstić information content (AvgIpc) is 2.96. The maximum absolute atomic E-state index is 11.5. The zero-order valence-electron chi connectivity index (χ0n) is 11.0. The molecule has 0 bridgehead atoms. The van der Waals surface area contributed by atoms with Crippen molar-refractivity contribution < 1.29 is 23.2 Å². The summed E-state index contributed by atoms with van der Waals surface area (Å²) in [6, 6.07) is 5.75. The summed E-state index contributed by atoms with van der Waals surface area (Å²) in [7, 11) is 1.07. The molecule has 0 fully saturated rings. The summed E-state index contributed by atoms with van der Waals surface area (Å²) < 4.78 is 25.2. The monoisotopic (exact) mass is 343 g/mol. The number of methoxy groups -OCH3 is 1. The molecule has 0 saturated heterocycles. The maximum Gasteiger partial charge on any atom is 0.430 e. The van der Waals surface area contributed by atoms with Gasteiger partial charge < -0.3 is 4.74 Å². The number of ether oxygens (including phenoxy) is 1. The summed E-state index contributed by atoms with van der Waals surface area (Å²) in [6.45, 7) is 0. The number of hydrogen-bond donors (Lipinski definition) is 1. The van der Waals surface area contributed by atoms with Gasteiger partial charge in [0.15, 0.2) is 0 Å². The Hall–Kier alpha value is -2.37. The molecule has 116 valence electrons.